The van der Waals surface area contributed by atoms with Gasteiger partial charge in [-0.25, -0.2) is 4.79 Å². The average Bonchev–Trinajstić information content (AvgIpc) is 2.84. The normalized spacial score (nSPS) is 28.3. The monoisotopic (exact) mass is 368 g/mol. The minimum atomic E-state index is -0.841. The molecule has 4 rings (SSSR count). The lowest BCUT2D eigenvalue weighted by Gasteiger charge is -2.40. The number of nitriles is 1. The van der Waals surface area contributed by atoms with Crippen molar-refractivity contribution in [3.63, 3.8) is 0 Å². The van der Waals surface area contributed by atoms with E-state index < -0.39 is 11.5 Å². The lowest BCUT2D eigenvalue weighted by atomic mass is 9.68. The third kappa shape index (κ3) is 3.04. The SMILES string of the molecule is N#Cc1ccc2c(c1)C1(CCC(N3CCCN(C(=O)O)CC3)CC1)C(=O)N2. The minimum Gasteiger partial charge on any atom is -0.465 e. The number of benzene rings is 1. The van der Waals surface area contributed by atoms with Gasteiger partial charge in [-0.15, -0.1) is 0 Å². The zero-order valence-corrected chi connectivity index (χ0v) is 15.3. The molecule has 2 N–H and O–H groups in total. The van der Waals surface area contributed by atoms with Gasteiger partial charge in [-0.2, -0.15) is 5.26 Å². The fraction of sp³-hybridized carbons (Fsp3) is 0.550. The van der Waals surface area contributed by atoms with E-state index in [2.05, 4.69) is 16.3 Å². The van der Waals surface area contributed by atoms with Crippen molar-refractivity contribution in [2.75, 3.05) is 31.5 Å². The van der Waals surface area contributed by atoms with E-state index in [0.29, 0.717) is 24.7 Å². The lowest BCUT2D eigenvalue weighted by Crippen LogP contribution is -2.46. The van der Waals surface area contributed by atoms with Gasteiger partial charge in [0.1, 0.15) is 0 Å². The molecule has 1 aromatic carbocycles. The number of hydrogen-bond acceptors (Lipinski definition) is 4. The first-order valence-electron chi connectivity index (χ1n) is 9.61. The first kappa shape index (κ1) is 17.8. The maximum absolute atomic E-state index is 12.8. The van der Waals surface area contributed by atoms with Crippen molar-refractivity contribution >= 4 is 17.7 Å². The molecule has 0 unspecified atom stereocenters. The molecule has 2 aliphatic heterocycles. The van der Waals surface area contributed by atoms with Crippen molar-refractivity contribution in [2.24, 2.45) is 0 Å². The van der Waals surface area contributed by atoms with Crippen LogP contribution in [0, 0.1) is 11.3 Å². The van der Waals surface area contributed by atoms with Crippen LogP contribution in [0.15, 0.2) is 18.2 Å². The Kier molecular flexibility index (Phi) is 4.52. The average molecular weight is 368 g/mol. The molecule has 1 spiro atoms. The van der Waals surface area contributed by atoms with Crippen LogP contribution in [-0.2, 0) is 10.2 Å². The molecule has 7 heteroatoms. The molecule has 3 aliphatic rings. The molecule has 0 radical (unpaired) electrons. The number of hydrogen-bond donors (Lipinski definition) is 2. The number of rotatable bonds is 1. The molecule has 1 saturated heterocycles. The van der Waals surface area contributed by atoms with Crippen molar-refractivity contribution in [3.8, 4) is 6.07 Å². The van der Waals surface area contributed by atoms with Gasteiger partial charge in [0.05, 0.1) is 17.0 Å². The third-order valence-corrected chi connectivity index (χ3v) is 6.47. The van der Waals surface area contributed by atoms with Gasteiger partial charge < -0.3 is 15.3 Å². The highest BCUT2D eigenvalue weighted by molar-refractivity contribution is 6.06. The first-order chi connectivity index (χ1) is 13.0. The topological polar surface area (TPSA) is 96.7 Å². The highest BCUT2D eigenvalue weighted by Gasteiger charge is 2.49. The van der Waals surface area contributed by atoms with Crippen molar-refractivity contribution in [1.82, 2.24) is 9.80 Å². The summed E-state index contributed by atoms with van der Waals surface area (Å²) >= 11 is 0. The van der Waals surface area contributed by atoms with Gasteiger partial charge in [0.2, 0.25) is 5.91 Å². The quantitative estimate of drug-likeness (QED) is 0.793. The summed E-state index contributed by atoms with van der Waals surface area (Å²) in [5.74, 6) is 0.0546. The van der Waals surface area contributed by atoms with Crippen molar-refractivity contribution in [3.05, 3.63) is 29.3 Å². The van der Waals surface area contributed by atoms with Gasteiger partial charge in [0, 0.05) is 37.9 Å². The number of nitrogens with zero attached hydrogens (tertiary/aromatic N) is 3. The Morgan fingerprint density at radius 1 is 1.22 bits per heavy atom. The Bertz CT molecular complexity index is 808. The molecule has 0 bridgehead atoms. The zero-order valence-electron chi connectivity index (χ0n) is 15.3. The van der Waals surface area contributed by atoms with E-state index >= 15 is 0 Å². The Morgan fingerprint density at radius 2 is 2.00 bits per heavy atom. The second-order valence-electron chi connectivity index (χ2n) is 7.80. The number of carbonyl (C=O) groups is 2. The van der Waals surface area contributed by atoms with Gasteiger partial charge >= 0.3 is 6.09 Å². The largest absolute Gasteiger partial charge is 0.465 e. The van der Waals surface area contributed by atoms with Crippen LogP contribution in [-0.4, -0.2) is 59.1 Å². The molecule has 0 atom stereocenters. The van der Waals surface area contributed by atoms with Gasteiger partial charge in [-0.05, 0) is 55.9 Å². The smallest absolute Gasteiger partial charge is 0.407 e. The highest BCUT2D eigenvalue weighted by Crippen LogP contribution is 2.48. The summed E-state index contributed by atoms with van der Waals surface area (Å²) in [6, 6.07) is 8.01. The minimum absolute atomic E-state index is 0.0546. The second-order valence-corrected chi connectivity index (χ2v) is 7.80. The molecule has 1 aliphatic carbocycles. The fourth-order valence-corrected chi connectivity index (χ4v) is 4.93. The molecular weight excluding hydrogens is 344 g/mol. The Balaban J connectivity index is 1.47. The van der Waals surface area contributed by atoms with E-state index in [9.17, 15) is 20.0 Å². The maximum atomic E-state index is 12.8. The summed E-state index contributed by atoms with van der Waals surface area (Å²) in [6.07, 6.45) is 3.37. The van der Waals surface area contributed by atoms with E-state index in [1.54, 1.807) is 6.07 Å². The molecule has 7 nitrogen and oxygen atoms in total. The van der Waals surface area contributed by atoms with Gasteiger partial charge in [0.25, 0.3) is 0 Å². The first-order valence-corrected chi connectivity index (χ1v) is 9.61. The summed E-state index contributed by atoms with van der Waals surface area (Å²) < 4.78 is 0. The van der Waals surface area contributed by atoms with E-state index in [-0.39, 0.29) is 5.91 Å². The van der Waals surface area contributed by atoms with Crippen molar-refractivity contribution < 1.29 is 14.7 Å². The van der Waals surface area contributed by atoms with Gasteiger partial charge in [-0.3, -0.25) is 9.69 Å². The molecule has 2 fully saturated rings. The van der Waals surface area contributed by atoms with Gasteiger partial charge in [-0.1, -0.05) is 0 Å². The molecule has 2 amide bonds. The summed E-state index contributed by atoms with van der Waals surface area (Å²) in [5, 5.41) is 21.4. The zero-order chi connectivity index (χ0) is 19.0. The van der Waals surface area contributed by atoms with Crippen LogP contribution in [0.3, 0.4) is 0 Å². The maximum Gasteiger partial charge on any atom is 0.407 e. The van der Waals surface area contributed by atoms with Crippen molar-refractivity contribution in [1.29, 1.82) is 5.26 Å². The van der Waals surface area contributed by atoms with E-state index in [4.69, 9.17) is 0 Å². The van der Waals surface area contributed by atoms with Crippen molar-refractivity contribution in [2.45, 2.75) is 43.6 Å². The van der Waals surface area contributed by atoms with Crippen LogP contribution >= 0.6 is 0 Å². The summed E-state index contributed by atoms with van der Waals surface area (Å²) in [7, 11) is 0. The highest BCUT2D eigenvalue weighted by atomic mass is 16.4. The number of nitrogens with one attached hydrogen (secondary N) is 1. The number of carboxylic acid groups (broad SMARTS) is 1. The van der Waals surface area contributed by atoms with Crippen LogP contribution in [0.2, 0.25) is 0 Å². The number of carbonyl (C=O) groups excluding carboxylic acids is 1. The standard InChI is InChI=1S/C20H24N4O3/c21-13-14-2-3-17-16(12-14)20(18(25)22-17)6-4-15(5-7-20)23-8-1-9-24(11-10-23)19(26)27/h2-3,12,15H,1,4-11H2,(H,22,25)(H,26,27). The molecule has 1 aromatic rings. The van der Waals surface area contributed by atoms with Crippen LogP contribution in [0.25, 0.3) is 0 Å². The summed E-state index contributed by atoms with van der Waals surface area (Å²) in [6.45, 7) is 2.80. The van der Waals surface area contributed by atoms with Crippen LogP contribution in [0.1, 0.15) is 43.2 Å². The number of anilines is 1. The number of amides is 2. The Labute approximate surface area is 158 Å². The summed E-state index contributed by atoms with van der Waals surface area (Å²) in [5.41, 5.74) is 1.88. The number of fused-ring (bicyclic) bond motifs is 2. The molecule has 1 saturated carbocycles. The van der Waals surface area contributed by atoms with Gasteiger partial charge in [0.15, 0.2) is 0 Å². The lowest BCUT2D eigenvalue weighted by molar-refractivity contribution is -0.122. The van der Waals surface area contributed by atoms with E-state index in [1.807, 2.05) is 12.1 Å². The fourth-order valence-electron chi connectivity index (χ4n) is 4.93. The Hall–Kier alpha value is -2.59. The molecule has 0 aromatic heterocycles. The third-order valence-electron chi connectivity index (χ3n) is 6.47. The van der Waals surface area contributed by atoms with Crippen LogP contribution in [0.5, 0.6) is 0 Å². The van der Waals surface area contributed by atoms with E-state index in [0.717, 1.165) is 56.4 Å². The van der Waals surface area contributed by atoms with E-state index in [1.165, 1.54) is 4.90 Å². The predicted molar refractivity (Wildman–Crippen MR) is 99.5 cm³/mol. The molecule has 142 valence electrons. The summed E-state index contributed by atoms with van der Waals surface area (Å²) in [4.78, 5) is 27.9. The van der Waals surface area contributed by atoms with Crippen LogP contribution in [0.4, 0.5) is 10.5 Å². The molecular formula is C20H24N4O3. The molecule has 27 heavy (non-hydrogen) atoms. The Morgan fingerprint density at radius 3 is 2.70 bits per heavy atom. The molecule has 2 heterocycles. The second kappa shape index (κ2) is 6.86. The van der Waals surface area contributed by atoms with Crippen LogP contribution < -0.4 is 5.32 Å². The predicted octanol–water partition coefficient (Wildman–Crippen LogP) is 2.38.